The van der Waals surface area contributed by atoms with Crippen molar-refractivity contribution in [2.24, 2.45) is 0 Å². The van der Waals surface area contributed by atoms with Crippen LogP contribution in [0.1, 0.15) is 50.0 Å². The summed E-state index contributed by atoms with van der Waals surface area (Å²) < 4.78 is 32.5. The fourth-order valence-corrected chi connectivity index (χ4v) is 4.23. The van der Waals surface area contributed by atoms with Crippen LogP contribution < -0.4 is 4.72 Å². The topological polar surface area (TPSA) is 85.4 Å². The largest absolute Gasteiger partial charge is 0.469 e. The van der Waals surface area contributed by atoms with Crippen molar-refractivity contribution < 1.29 is 17.9 Å². The van der Waals surface area contributed by atoms with Crippen LogP contribution in [0.25, 0.3) is 0 Å². The molecule has 0 saturated heterocycles. The van der Waals surface area contributed by atoms with Gasteiger partial charge in [-0.25, -0.2) is 13.1 Å². The van der Waals surface area contributed by atoms with Gasteiger partial charge in [0.1, 0.15) is 0 Å². The summed E-state index contributed by atoms with van der Waals surface area (Å²) in [4.78, 5) is 15.5. The highest BCUT2D eigenvalue weighted by Gasteiger charge is 2.18. The molecular formula is C21H27ClN2O4S. The molecule has 0 aliphatic rings. The Balaban J connectivity index is 1.91. The van der Waals surface area contributed by atoms with Gasteiger partial charge in [0, 0.05) is 30.4 Å². The third kappa shape index (κ3) is 8.12. The summed E-state index contributed by atoms with van der Waals surface area (Å²) in [6, 6.07) is 9.92. The minimum Gasteiger partial charge on any atom is -0.469 e. The molecule has 8 heteroatoms. The predicted molar refractivity (Wildman–Crippen MR) is 113 cm³/mol. The van der Waals surface area contributed by atoms with Crippen molar-refractivity contribution >= 4 is 27.6 Å². The average molecular weight is 439 g/mol. The van der Waals surface area contributed by atoms with E-state index >= 15 is 0 Å². The molecule has 2 aromatic rings. The van der Waals surface area contributed by atoms with Gasteiger partial charge in [-0.2, -0.15) is 0 Å². The molecule has 2 rings (SSSR count). The molecule has 0 aliphatic carbocycles. The smallest absolute Gasteiger partial charge is 0.305 e. The van der Waals surface area contributed by atoms with Crippen molar-refractivity contribution in [3.8, 4) is 0 Å². The fourth-order valence-electron chi connectivity index (χ4n) is 3.03. The van der Waals surface area contributed by atoms with Gasteiger partial charge in [-0.3, -0.25) is 9.78 Å². The van der Waals surface area contributed by atoms with Gasteiger partial charge in [-0.1, -0.05) is 36.9 Å². The van der Waals surface area contributed by atoms with E-state index in [1.54, 1.807) is 24.5 Å². The van der Waals surface area contributed by atoms with Gasteiger partial charge in [-0.05, 0) is 54.7 Å². The van der Waals surface area contributed by atoms with Crippen LogP contribution in [0.2, 0.25) is 5.02 Å². The van der Waals surface area contributed by atoms with Gasteiger partial charge in [0.25, 0.3) is 0 Å². The van der Waals surface area contributed by atoms with E-state index in [1.165, 1.54) is 19.2 Å². The Hall–Kier alpha value is -1.96. The Kier molecular flexibility index (Phi) is 9.57. The van der Waals surface area contributed by atoms with Crippen LogP contribution in [0.4, 0.5) is 0 Å². The standard InChI is InChI=1S/C21H27ClN2O4S/c1-28-21(25)9-5-3-2-4-7-18(17-8-6-14-23-15-17)16-24-29(26,27)20-12-10-19(22)11-13-20/h6,8,10-15,18,24H,2-5,7,9,16H2,1H3. The summed E-state index contributed by atoms with van der Waals surface area (Å²) >= 11 is 5.84. The van der Waals surface area contributed by atoms with E-state index in [0.717, 1.165) is 37.7 Å². The minimum atomic E-state index is -3.61. The van der Waals surface area contributed by atoms with Crippen LogP contribution >= 0.6 is 11.6 Å². The minimum absolute atomic E-state index is 0.0198. The van der Waals surface area contributed by atoms with Crippen molar-refractivity contribution in [1.29, 1.82) is 0 Å². The number of nitrogens with zero attached hydrogens (tertiary/aromatic N) is 1. The van der Waals surface area contributed by atoms with Gasteiger partial charge in [0.2, 0.25) is 10.0 Å². The second kappa shape index (κ2) is 11.9. The number of methoxy groups -OCH3 is 1. The Labute approximate surface area is 177 Å². The number of halogens is 1. The lowest BCUT2D eigenvalue weighted by Crippen LogP contribution is -2.28. The van der Waals surface area contributed by atoms with Crippen molar-refractivity contribution in [2.45, 2.75) is 49.3 Å². The highest BCUT2D eigenvalue weighted by atomic mass is 35.5. The zero-order valence-electron chi connectivity index (χ0n) is 16.5. The highest BCUT2D eigenvalue weighted by molar-refractivity contribution is 7.89. The maximum absolute atomic E-state index is 12.6. The Morgan fingerprint density at radius 3 is 2.52 bits per heavy atom. The number of rotatable bonds is 12. The molecule has 1 heterocycles. The number of ether oxygens (including phenoxy) is 1. The fraction of sp³-hybridized carbons (Fsp3) is 0.429. The summed E-state index contributed by atoms with van der Waals surface area (Å²) in [5, 5.41) is 0.490. The normalized spacial score (nSPS) is 12.5. The summed E-state index contributed by atoms with van der Waals surface area (Å²) in [5.74, 6) is -0.166. The number of carbonyl (C=O) groups is 1. The Morgan fingerprint density at radius 2 is 1.86 bits per heavy atom. The lowest BCUT2D eigenvalue weighted by Gasteiger charge is -2.18. The SMILES string of the molecule is COC(=O)CCCCCCC(CNS(=O)(=O)c1ccc(Cl)cc1)c1cccnc1. The molecule has 1 unspecified atom stereocenters. The quantitative estimate of drug-likeness (QED) is 0.394. The summed E-state index contributed by atoms with van der Waals surface area (Å²) in [5.41, 5.74) is 1.00. The maximum Gasteiger partial charge on any atom is 0.305 e. The number of benzene rings is 1. The summed E-state index contributed by atoms with van der Waals surface area (Å²) in [7, 11) is -2.22. The number of pyridine rings is 1. The Morgan fingerprint density at radius 1 is 1.14 bits per heavy atom. The number of sulfonamides is 1. The van der Waals surface area contributed by atoms with E-state index in [0.29, 0.717) is 18.0 Å². The van der Waals surface area contributed by atoms with Crippen LogP contribution in [0.15, 0.2) is 53.7 Å². The zero-order valence-corrected chi connectivity index (χ0v) is 18.1. The number of esters is 1. The number of aromatic nitrogens is 1. The first-order valence-electron chi connectivity index (χ1n) is 9.64. The van der Waals surface area contributed by atoms with Crippen molar-refractivity contribution in [1.82, 2.24) is 9.71 Å². The van der Waals surface area contributed by atoms with Gasteiger partial charge >= 0.3 is 5.97 Å². The van der Waals surface area contributed by atoms with E-state index in [9.17, 15) is 13.2 Å². The van der Waals surface area contributed by atoms with Crippen LogP contribution in [0, 0.1) is 0 Å². The third-order valence-corrected chi connectivity index (χ3v) is 6.40. The molecule has 0 fully saturated rings. The first-order chi connectivity index (χ1) is 13.9. The molecule has 1 aromatic heterocycles. The van der Waals surface area contributed by atoms with Gasteiger partial charge in [0.05, 0.1) is 12.0 Å². The van der Waals surface area contributed by atoms with Crippen LogP contribution in [-0.2, 0) is 19.6 Å². The predicted octanol–water partition coefficient (Wildman–Crippen LogP) is 4.31. The number of unbranched alkanes of at least 4 members (excludes halogenated alkanes) is 3. The summed E-state index contributed by atoms with van der Waals surface area (Å²) in [6.45, 7) is 0.290. The highest BCUT2D eigenvalue weighted by Crippen LogP contribution is 2.23. The van der Waals surface area contributed by atoms with Crippen LogP contribution in [-0.4, -0.2) is 33.0 Å². The van der Waals surface area contributed by atoms with Crippen LogP contribution in [0.3, 0.4) is 0 Å². The van der Waals surface area contributed by atoms with E-state index in [-0.39, 0.29) is 16.8 Å². The van der Waals surface area contributed by atoms with Gasteiger partial charge < -0.3 is 4.74 Å². The van der Waals surface area contributed by atoms with Crippen LogP contribution in [0.5, 0.6) is 0 Å². The van der Waals surface area contributed by atoms with Crippen molar-refractivity contribution in [3.63, 3.8) is 0 Å². The third-order valence-electron chi connectivity index (χ3n) is 4.71. The first-order valence-corrected chi connectivity index (χ1v) is 11.5. The van der Waals surface area contributed by atoms with E-state index in [2.05, 4.69) is 14.4 Å². The van der Waals surface area contributed by atoms with Gasteiger partial charge in [-0.15, -0.1) is 0 Å². The zero-order chi connectivity index (χ0) is 21.1. The summed E-state index contributed by atoms with van der Waals surface area (Å²) in [6.07, 6.45) is 8.38. The molecule has 1 aromatic carbocycles. The van der Waals surface area contributed by atoms with Crippen molar-refractivity contribution in [3.05, 3.63) is 59.4 Å². The lowest BCUT2D eigenvalue weighted by atomic mass is 9.94. The molecule has 0 spiro atoms. The molecule has 1 atom stereocenters. The number of hydrogen-bond acceptors (Lipinski definition) is 5. The molecule has 29 heavy (non-hydrogen) atoms. The molecule has 0 bridgehead atoms. The number of nitrogens with one attached hydrogen (secondary N) is 1. The Bertz CT molecular complexity index is 858. The monoisotopic (exact) mass is 438 g/mol. The molecule has 6 nitrogen and oxygen atoms in total. The van der Waals surface area contributed by atoms with Crippen molar-refractivity contribution in [2.75, 3.05) is 13.7 Å². The van der Waals surface area contributed by atoms with E-state index < -0.39 is 10.0 Å². The second-order valence-corrected chi connectivity index (χ2v) is 9.02. The molecule has 0 amide bonds. The van der Waals surface area contributed by atoms with E-state index in [1.807, 2.05) is 12.1 Å². The molecule has 1 N–H and O–H groups in total. The molecule has 0 radical (unpaired) electrons. The molecule has 158 valence electrons. The average Bonchev–Trinajstić information content (AvgIpc) is 2.73. The number of carbonyl (C=O) groups excluding carboxylic acids is 1. The maximum atomic E-state index is 12.6. The van der Waals surface area contributed by atoms with Gasteiger partial charge in [0.15, 0.2) is 0 Å². The molecular weight excluding hydrogens is 412 g/mol. The van der Waals surface area contributed by atoms with E-state index in [4.69, 9.17) is 11.6 Å². The molecule has 0 aliphatic heterocycles. The molecule has 0 saturated carbocycles. The number of hydrogen-bond donors (Lipinski definition) is 1. The lowest BCUT2D eigenvalue weighted by molar-refractivity contribution is -0.140. The first kappa shape index (κ1) is 23.3. The second-order valence-electron chi connectivity index (χ2n) is 6.82.